The average molecular weight is 244 g/mol. The van der Waals surface area contributed by atoms with E-state index in [-0.39, 0.29) is 5.56 Å². The van der Waals surface area contributed by atoms with Crippen LogP contribution in [-0.4, -0.2) is 11.1 Å². The summed E-state index contributed by atoms with van der Waals surface area (Å²) in [6, 6.07) is 16.4. The van der Waals surface area contributed by atoms with Gasteiger partial charge in [-0.2, -0.15) is 0 Å². The number of benzene rings is 2. The van der Waals surface area contributed by atoms with Crippen molar-refractivity contribution in [3.8, 4) is 0 Å². The highest BCUT2D eigenvalue weighted by atomic mass is 19.1. The third kappa shape index (κ3) is 2.94. The van der Waals surface area contributed by atoms with Gasteiger partial charge in [0.1, 0.15) is 0 Å². The first kappa shape index (κ1) is 12.3. The van der Waals surface area contributed by atoms with Gasteiger partial charge < -0.3 is 5.11 Å². The van der Waals surface area contributed by atoms with Gasteiger partial charge in [-0.15, -0.1) is 0 Å². The Morgan fingerprint density at radius 2 is 1.72 bits per heavy atom. The van der Waals surface area contributed by atoms with Crippen LogP contribution in [0.2, 0.25) is 0 Å². The van der Waals surface area contributed by atoms with Gasteiger partial charge in [-0.25, -0.2) is 9.18 Å². The van der Waals surface area contributed by atoms with E-state index < -0.39 is 12.1 Å². The molecule has 0 aliphatic heterocycles. The van der Waals surface area contributed by atoms with E-state index in [1.807, 2.05) is 36.4 Å². The lowest BCUT2D eigenvalue weighted by Crippen LogP contribution is -2.06. The molecule has 0 aromatic heterocycles. The van der Waals surface area contributed by atoms with Crippen LogP contribution in [0.15, 0.2) is 54.6 Å². The molecule has 92 valence electrons. The maximum absolute atomic E-state index is 13.4. The van der Waals surface area contributed by atoms with Crippen LogP contribution in [-0.2, 0) is 11.2 Å². The third-order valence-electron chi connectivity index (χ3n) is 2.71. The molecule has 1 atom stereocenters. The molecule has 0 saturated carbocycles. The monoisotopic (exact) mass is 244 g/mol. The van der Waals surface area contributed by atoms with Crippen LogP contribution >= 0.6 is 0 Å². The molecule has 0 radical (unpaired) electrons. The molecule has 2 nitrogen and oxygen atoms in total. The molecule has 0 spiro atoms. The number of aliphatic carboxylic acids is 1. The van der Waals surface area contributed by atoms with Gasteiger partial charge in [0.2, 0.25) is 6.17 Å². The normalized spacial score (nSPS) is 12.1. The molecule has 0 amide bonds. The molecule has 18 heavy (non-hydrogen) atoms. The maximum Gasteiger partial charge on any atom is 0.343 e. The molecule has 1 unspecified atom stereocenters. The molecule has 0 saturated heterocycles. The van der Waals surface area contributed by atoms with Crippen molar-refractivity contribution in [3.05, 3.63) is 71.3 Å². The molecule has 2 aromatic rings. The van der Waals surface area contributed by atoms with Crippen LogP contribution in [0.5, 0.6) is 0 Å². The fourth-order valence-electron chi connectivity index (χ4n) is 1.83. The van der Waals surface area contributed by atoms with E-state index in [1.54, 1.807) is 12.1 Å². The number of alkyl halides is 1. The van der Waals surface area contributed by atoms with Crippen LogP contribution in [0, 0.1) is 0 Å². The van der Waals surface area contributed by atoms with Crippen molar-refractivity contribution in [2.24, 2.45) is 0 Å². The van der Waals surface area contributed by atoms with Crippen molar-refractivity contribution >= 4 is 5.97 Å². The van der Waals surface area contributed by atoms with Gasteiger partial charge in [-0.3, -0.25) is 0 Å². The third-order valence-corrected chi connectivity index (χ3v) is 2.71. The standard InChI is InChI=1S/C15H13FO2/c16-14(15(17)18)13-8-4-7-12(10-13)9-11-5-2-1-3-6-11/h1-8,10,14H,9H2,(H,17,18). The Morgan fingerprint density at radius 1 is 1.06 bits per heavy atom. The van der Waals surface area contributed by atoms with Crippen molar-refractivity contribution in [2.45, 2.75) is 12.6 Å². The fraction of sp³-hybridized carbons (Fsp3) is 0.133. The molecule has 1 N–H and O–H groups in total. The summed E-state index contributed by atoms with van der Waals surface area (Å²) in [6.07, 6.45) is -1.29. The Morgan fingerprint density at radius 3 is 2.39 bits per heavy atom. The summed E-state index contributed by atoms with van der Waals surface area (Å²) in [6.45, 7) is 0. The van der Waals surface area contributed by atoms with E-state index in [0.717, 1.165) is 11.1 Å². The van der Waals surface area contributed by atoms with E-state index in [9.17, 15) is 9.18 Å². The van der Waals surface area contributed by atoms with E-state index in [4.69, 9.17) is 5.11 Å². The number of carbonyl (C=O) groups is 1. The zero-order valence-electron chi connectivity index (χ0n) is 9.71. The van der Waals surface area contributed by atoms with Gasteiger partial charge in [0, 0.05) is 0 Å². The molecule has 3 heteroatoms. The predicted octanol–water partition coefficient (Wildman–Crippen LogP) is 3.37. The summed E-state index contributed by atoms with van der Waals surface area (Å²) in [5.74, 6) is -1.45. The molecule has 0 fully saturated rings. The van der Waals surface area contributed by atoms with Gasteiger partial charge in [0.05, 0.1) is 0 Å². The highest BCUT2D eigenvalue weighted by Gasteiger charge is 2.18. The van der Waals surface area contributed by atoms with Gasteiger partial charge in [-0.05, 0) is 23.1 Å². The first-order valence-electron chi connectivity index (χ1n) is 5.66. The van der Waals surface area contributed by atoms with E-state index >= 15 is 0 Å². The average Bonchev–Trinajstić information content (AvgIpc) is 2.39. The number of rotatable bonds is 4. The van der Waals surface area contributed by atoms with Gasteiger partial charge >= 0.3 is 5.97 Å². The summed E-state index contributed by atoms with van der Waals surface area (Å²) < 4.78 is 13.4. The Kier molecular flexibility index (Phi) is 3.72. The molecule has 0 heterocycles. The number of halogens is 1. The zero-order chi connectivity index (χ0) is 13.0. The van der Waals surface area contributed by atoms with Crippen molar-refractivity contribution in [1.29, 1.82) is 0 Å². The second-order valence-corrected chi connectivity index (χ2v) is 4.11. The van der Waals surface area contributed by atoms with Gasteiger partial charge in [-0.1, -0.05) is 54.6 Å². The molecule has 0 bridgehead atoms. The summed E-state index contributed by atoms with van der Waals surface area (Å²) in [5.41, 5.74) is 2.21. The lowest BCUT2D eigenvalue weighted by Gasteiger charge is -2.06. The quantitative estimate of drug-likeness (QED) is 0.895. The van der Waals surface area contributed by atoms with Crippen molar-refractivity contribution in [3.63, 3.8) is 0 Å². The predicted molar refractivity (Wildman–Crippen MR) is 67.2 cm³/mol. The smallest absolute Gasteiger partial charge is 0.343 e. The Balaban J connectivity index is 2.20. The lowest BCUT2D eigenvalue weighted by atomic mass is 10.0. The Labute approximate surface area is 105 Å². The molecule has 0 aliphatic carbocycles. The first-order valence-corrected chi connectivity index (χ1v) is 5.66. The van der Waals surface area contributed by atoms with Crippen LogP contribution < -0.4 is 0 Å². The summed E-state index contributed by atoms with van der Waals surface area (Å²) in [4.78, 5) is 10.6. The van der Waals surface area contributed by atoms with Crippen molar-refractivity contribution in [1.82, 2.24) is 0 Å². The summed E-state index contributed by atoms with van der Waals surface area (Å²) in [5, 5.41) is 8.64. The maximum atomic E-state index is 13.4. The minimum Gasteiger partial charge on any atom is -0.479 e. The van der Waals surface area contributed by atoms with Crippen molar-refractivity contribution in [2.75, 3.05) is 0 Å². The minimum atomic E-state index is -1.96. The van der Waals surface area contributed by atoms with E-state index in [2.05, 4.69) is 0 Å². The summed E-state index contributed by atoms with van der Waals surface area (Å²) >= 11 is 0. The van der Waals surface area contributed by atoms with Crippen molar-refractivity contribution < 1.29 is 14.3 Å². The highest BCUT2D eigenvalue weighted by Crippen LogP contribution is 2.20. The molecule has 2 rings (SSSR count). The summed E-state index contributed by atoms with van der Waals surface area (Å²) in [7, 11) is 0. The van der Waals surface area contributed by atoms with E-state index in [1.165, 1.54) is 6.07 Å². The number of carboxylic acids is 1. The van der Waals surface area contributed by atoms with Crippen LogP contribution in [0.1, 0.15) is 22.9 Å². The first-order chi connectivity index (χ1) is 8.66. The lowest BCUT2D eigenvalue weighted by molar-refractivity contribution is -0.143. The number of hydrogen-bond donors (Lipinski definition) is 1. The van der Waals surface area contributed by atoms with Gasteiger partial charge in [0.15, 0.2) is 0 Å². The molecule has 2 aromatic carbocycles. The largest absolute Gasteiger partial charge is 0.479 e. The zero-order valence-corrected chi connectivity index (χ0v) is 9.71. The fourth-order valence-corrected chi connectivity index (χ4v) is 1.83. The number of carboxylic acid groups (broad SMARTS) is 1. The Bertz CT molecular complexity index is 537. The minimum absolute atomic E-state index is 0.191. The molecular formula is C15H13FO2. The number of hydrogen-bond acceptors (Lipinski definition) is 1. The molecular weight excluding hydrogens is 231 g/mol. The van der Waals surface area contributed by atoms with E-state index in [0.29, 0.717) is 6.42 Å². The second kappa shape index (κ2) is 5.45. The van der Waals surface area contributed by atoms with Crippen LogP contribution in [0.3, 0.4) is 0 Å². The SMILES string of the molecule is O=C(O)C(F)c1cccc(Cc2ccccc2)c1. The van der Waals surface area contributed by atoms with Crippen LogP contribution in [0.4, 0.5) is 4.39 Å². The second-order valence-electron chi connectivity index (χ2n) is 4.11. The highest BCUT2D eigenvalue weighted by molar-refractivity contribution is 5.74. The van der Waals surface area contributed by atoms with Gasteiger partial charge in [0.25, 0.3) is 0 Å². The Hall–Kier alpha value is -2.16. The molecule has 0 aliphatic rings. The van der Waals surface area contributed by atoms with Crippen LogP contribution in [0.25, 0.3) is 0 Å². The topological polar surface area (TPSA) is 37.3 Å².